The second kappa shape index (κ2) is 8.09. The third-order valence-corrected chi connectivity index (χ3v) is 7.37. The van der Waals surface area contributed by atoms with Crippen LogP contribution in [0.5, 0.6) is 0 Å². The fourth-order valence-electron chi connectivity index (χ4n) is 2.95. The third kappa shape index (κ3) is 4.97. The van der Waals surface area contributed by atoms with Crippen molar-refractivity contribution in [3.05, 3.63) is 65.3 Å². The molecule has 10 nitrogen and oxygen atoms in total. The Labute approximate surface area is 182 Å². The standard InChI is InChI=1S/C18H17N5O5S3/c1-30(24,25)16(17-23-22-15(28-17)10-20-31(19,26)27)18-21-13-9-12(7-8-14(13)29-18)11-5-3-2-4-6-11/h2-9,16,20H,10H2,1H3,(H2,19,26,27). The maximum atomic E-state index is 12.5. The van der Waals surface area contributed by atoms with Gasteiger partial charge in [0.1, 0.15) is 5.01 Å². The highest BCUT2D eigenvalue weighted by Crippen LogP contribution is 2.36. The van der Waals surface area contributed by atoms with Crippen LogP contribution in [0.15, 0.2) is 52.9 Å². The highest BCUT2D eigenvalue weighted by molar-refractivity contribution is 7.91. The van der Waals surface area contributed by atoms with Gasteiger partial charge in [-0.2, -0.15) is 13.1 Å². The zero-order valence-electron chi connectivity index (χ0n) is 16.1. The minimum Gasteiger partial charge on any atom is -0.422 e. The van der Waals surface area contributed by atoms with Crippen LogP contribution in [0.1, 0.15) is 22.0 Å². The summed E-state index contributed by atoms with van der Waals surface area (Å²) in [4.78, 5) is 4.52. The van der Waals surface area contributed by atoms with E-state index in [1.165, 1.54) is 11.3 Å². The van der Waals surface area contributed by atoms with Gasteiger partial charge in [-0.25, -0.2) is 18.5 Å². The Balaban J connectivity index is 1.71. The largest absolute Gasteiger partial charge is 0.422 e. The van der Waals surface area contributed by atoms with Crippen LogP contribution in [0.4, 0.5) is 0 Å². The molecule has 2 heterocycles. The van der Waals surface area contributed by atoms with Gasteiger partial charge in [0.2, 0.25) is 11.8 Å². The van der Waals surface area contributed by atoms with E-state index in [0.29, 0.717) is 5.52 Å². The van der Waals surface area contributed by atoms with Crippen LogP contribution in [0.3, 0.4) is 0 Å². The van der Waals surface area contributed by atoms with E-state index in [0.717, 1.165) is 22.1 Å². The van der Waals surface area contributed by atoms with Crippen LogP contribution in [-0.2, 0) is 26.6 Å². The first-order valence-electron chi connectivity index (χ1n) is 8.84. The van der Waals surface area contributed by atoms with Crippen molar-refractivity contribution in [2.24, 2.45) is 5.14 Å². The number of sulfone groups is 1. The average molecular weight is 480 g/mol. The Bertz CT molecular complexity index is 1450. The molecule has 0 radical (unpaired) electrons. The van der Waals surface area contributed by atoms with Gasteiger partial charge in [0.15, 0.2) is 15.1 Å². The predicted molar refractivity (Wildman–Crippen MR) is 116 cm³/mol. The molecule has 0 bridgehead atoms. The van der Waals surface area contributed by atoms with Crippen LogP contribution in [-0.4, -0.2) is 38.3 Å². The van der Waals surface area contributed by atoms with E-state index in [9.17, 15) is 16.8 Å². The zero-order chi connectivity index (χ0) is 22.2. The minimum atomic E-state index is -3.96. The Morgan fingerprint density at radius 2 is 1.81 bits per heavy atom. The lowest BCUT2D eigenvalue weighted by Gasteiger charge is -2.07. The summed E-state index contributed by atoms with van der Waals surface area (Å²) in [6.07, 6.45) is 1.05. The normalized spacial score (nSPS) is 13.5. The van der Waals surface area contributed by atoms with Crippen molar-refractivity contribution in [3.8, 4) is 11.1 Å². The minimum absolute atomic E-state index is 0.120. The van der Waals surface area contributed by atoms with Crippen molar-refractivity contribution < 1.29 is 21.3 Å². The van der Waals surface area contributed by atoms with Crippen molar-refractivity contribution in [1.82, 2.24) is 19.9 Å². The second-order valence-corrected chi connectivity index (χ2v) is 11.3. The molecule has 2 aromatic carbocycles. The summed E-state index contributed by atoms with van der Waals surface area (Å²) in [5.74, 6) is -0.318. The summed E-state index contributed by atoms with van der Waals surface area (Å²) in [7, 11) is -7.69. The molecule has 1 atom stereocenters. The zero-order valence-corrected chi connectivity index (χ0v) is 18.5. The van der Waals surface area contributed by atoms with E-state index in [1.54, 1.807) is 0 Å². The summed E-state index contributed by atoms with van der Waals surface area (Å²) in [5.41, 5.74) is 2.61. The molecule has 4 aromatic rings. The summed E-state index contributed by atoms with van der Waals surface area (Å²) in [6, 6.07) is 15.5. The van der Waals surface area contributed by atoms with E-state index in [2.05, 4.69) is 15.2 Å². The van der Waals surface area contributed by atoms with Crippen molar-refractivity contribution >= 4 is 41.6 Å². The summed E-state index contributed by atoms with van der Waals surface area (Å²) >= 11 is 1.21. The van der Waals surface area contributed by atoms with Crippen LogP contribution in [0.2, 0.25) is 0 Å². The number of aromatic nitrogens is 3. The maximum absolute atomic E-state index is 12.5. The molecular formula is C18H17N5O5S3. The van der Waals surface area contributed by atoms with E-state index in [1.807, 2.05) is 53.3 Å². The van der Waals surface area contributed by atoms with Gasteiger partial charge in [-0.05, 0) is 23.3 Å². The number of thiazole rings is 1. The van der Waals surface area contributed by atoms with E-state index >= 15 is 0 Å². The third-order valence-electron chi connectivity index (χ3n) is 4.30. The SMILES string of the molecule is CS(=O)(=O)C(c1nnc(CNS(N)(=O)=O)o1)c1nc2cc(-c3ccccc3)ccc2s1. The number of fused-ring (bicyclic) bond motifs is 1. The molecule has 0 fully saturated rings. The maximum Gasteiger partial charge on any atom is 0.274 e. The van der Waals surface area contributed by atoms with Gasteiger partial charge in [-0.3, -0.25) is 0 Å². The number of nitrogens with zero attached hydrogens (tertiary/aromatic N) is 3. The Morgan fingerprint density at radius 1 is 1.06 bits per heavy atom. The lowest BCUT2D eigenvalue weighted by atomic mass is 10.1. The molecule has 0 aliphatic rings. The monoisotopic (exact) mass is 479 g/mol. The molecule has 4 rings (SSSR count). The van der Waals surface area contributed by atoms with Crippen molar-refractivity contribution in [3.63, 3.8) is 0 Å². The summed E-state index contributed by atoms with van der Waals surface area (Å²) in [6.45, 7) is -0.359. The molecule has 0 spiro atoms. The lowest BCUT2D eigenvalue weighted by Crippen LogP contribution is -2.30. The molecule has 13 heteroatoms. The highest BCUT2D eigenvalue weighted by Gasteiger charge is 2.34. The molecule has 0 amide bonds. The Morgan fingerprint density at radius 3 is 2.48 bits per heavy atom. The van der Waals surface area contributed by atoms with Crippen LogP contribution < -0.4 is 9.86 Å². The molecular weight excluding hydrogens is 462 g/mol. The van der Waals surface area contributed by atoms with Gasteiger partial charge in [-0.15, -0.1) is 21.5 Å². The van der Waals surface area contributed by atoms with Crippen LogP contribution in [0, 0.1) is 0 Å². The fourth-order valence-corrected chi connectivity index (χ4v) is 5.74. The summed E-state index contributed by atoms with van der Waals surface area (Å²) < 4.78 is 55.3. The van der Waals surface area contributed by atoms with Gasteiger partial charge < -0.3 is 4.42 Å². The van der Waals surface area contributed by atoms with E-state index in [4.69, 9.17) is 9.56 Å². The lowest BCUT2D eigenvalue weighted by molar-refractivity contribution is 0.444. The summed E-state index contributed by atoms with van der Waals surface area (Å²) in [5, 5.41) is 11.4. The Kier molecular flexibility index (Phi) is 5.61. The number of hydrogen-bond donors (Lipinski definition) is 2. The van der Waals surface area contributed by atoms with E-state index in [-0.39, 0.29) is 23.3 Å². The Hall–Kier alpha value is -2.71. The van der Waals surface area contributed by atoms with E-state index < -0.39 is 25.3 Å². The number of nitrogens with two attached hydrogens (primary N) is 1. The highest BCUT2D eigenvalue weighted by atomic mass is 32.2. The predicted octanol–water partition coefficient (Wildman–Crippen LogP) is 1.77. The molecule has 0 aliphatic heterocycles. The molecule has 2 aromatic heterocycles. The number of benzene rings is 2. The molecule has 162 valence electrons. The number of rotatable bonds is 7. The van der Waals surface area contributed by atoms with Gasteiger partial charge >= 0.3 is 0 Å². The molecule has 1 unspecified atom stereocenters. The fraction of sp³-hybridized carbons (Fsp3) is 0.167. The van der Waals surface area contributed by atoms with Gasteiger partial charge in [0.05, 0.1) is 16.8 Å². The molecule has 31 heavy (non-hydrogen) atoms. The average Bonchev–Trinajstić information content (AvgIpc) is 3.32. The second-order valence-electron chi connectivity index (χ2n) is 6.71. The molecule has 3 N–H and O–H groups in total. The van der Waals surface area contributed by atoms with Gasteiger partial charge in [-0.1, -0.05) is 36.4 Å². The smallest absolute Gasteiger partial charge is 0.274 e. The first kappa shape index (κ1) is 21.5. The first-order chi connectivity index (χ1) is 14.6. The number of hydrogen-bond acceptors (Lipinski definition) is 9. The van der Waals surface area contributed by atoms with Gasteiger partial charge in [0.25, 0.3) is 10.2 Å². The van der Waals surface area contributed by atoms with Crippen LogP contribution in [0.25, 0.3) is 21.3 Å². The molecule has 0 saturated heterocycles. The van der Waals surface area contributed by atoms with Crippen molar-refractivity contribution in [2.75, 3.05) is 6.26 Å². The molecule has 0 aliphatic carbocycles. The van der Waals surface area contributed by atoms with Crippen molar-refractivity contribution in [1.29, 1.82) is 0 Å². The topological polar surface area (TPSA) is 158 Å². The van der Waals surface area contributed by atoms with Crippen LogP contribution >= 0.6 is 11.3 Å². The molecule has 0 saturated carbocycles. The van der Waals surface area contributed by atoms with Gasteiger partial charge in [0, 0.05) is 6.26 Å². The first-order valence-corrected chi connectivity index (χ1v) is 13.2. The van der Waals surface area contributed by atoms with Crippen molar-refractivity contribution in [2.45, 2.75) is 11.8 Å². The quantitative estimate of drug-likeness (QED) is 0.406. The number of nitrogens with one attached hydrogen (secondary N) is 1.